The topological polar surface area (TPSA) is 125 Å². The molecule has 2 aliphatic carbocycles. The van der Waals surface area contributed by atoms with Crippen LogP contribution in [0.15, 0.2) is 48.5 Å². The van der Waals surface area contributed by atoms with Crippen LogP contribution in [-0.2, 0) is 14.3 Å². The van der Waals surface area contributed by atoms with Crippen LogP contribution in [0.1, 0.15) is 55.6 Å². The predicted molar refractivity (Wildman–Crippen MR) is 130 cm³/mol. The number of alkyl carbamates (subject to hydrolysis) is 1. The van der Waals surface area contributed by atoms with Gasteiger partial charge in [0, 0.05) is 25.0 Å². The van der Waals surface area contributed by atoms with Gasteiger partial charge in [0.2, 0.25) is 5.91 Å². The molecule has 0 aromatic heterocycles. The van der Waals surface area contributed by atoms with Crippen LogP contribution < -0.4 is 10.6 Å². The van der Waals surface area contributed by atoms with E-state index in [1.807, 2.05) is 24.3 Å². The van der Waals surface area contributed by atoms with Gasteiger partial charge in [0.1, 0.15) is 12.6 Å². The van der Waals surface area contributed by atoms with Crippen molar-refractivity contribution >= 4 is 18.0 Å². The van der Waals surface area contributed by atoms with Crippen molar-refractivity contribution in [1.29, 1.82) is 0 Å². The Kier molecular flexibility index (Phi) is 8.02. The zero-order chi connectivity index (χ0) is 24.8. The molecule has 2 amide bonds. The van der Waals surface area contributed by atoms with Crippen molar-refractivity contribution < 1.29 is 29.3 Å². The first-order valence-corrected chi connectivity index (χ1v) is 12.2. The number of amides is 2. The fraction of sp³-hybridized carbons (Fsp3) is 0.444. The van der Waals surface area contributed by atoms with Crippen molar-refractivity contribution in [2.45, 2.75) is 56.5 Å². The lowest BCUT2D eigenvalue weighted by Crippen LogP contribution is -2.50. The fourth-order valence-electron chi connectivity index (χ4n) is 5.25. The summed E-state index contributed by atoms with van der Waals surface area (Å²) in [6.45, 7) is -0.162. The number of carboxylic acid groups (broad SMARTS) is 1. The Hall–Kier alpha value is -3.39. The van der Waals surface area contributed by atoms with E-state index in [4.69, 9.17) is 9.84 Å². The molecular weight excluding hydrogens is 448 g/mol. The third-order valence-electron chi connectivity index (χ3n) is 7.03. The number of rotatable bonds is 8. The van der Waals surface area contributed by atoms with Crippen LogP contribution in [-0.4, -0.2) is 53.5 Å². The first-order chi connectivity index (χ1) is 17.0. The number of benzene rings is 2. The van der Waals surface area contributed by atoms with Crippen LogP contribution >= 0.6 is 0 Å². The van der Waals surface area contributed by atoms with Gasteiger partial charge in [0.25, 0.3) is 0 Å². The van der Waals surface area contributed by atoms with Crippen LogP contribution in [0.2, 0.25) is 0 Å². The number of carbonyl (C=O) groups is 3. The number of aliphatic hydroxyl groups is 1. The smallest absolute Gasteiger partial charge is 0.407 e. The standard InChI is InChI=1S/C27H32N2O6/c30-15-14-24(26(32)33)28-25(31)21-12-2-1-3-13-23(21)29-27(34)35-16-22-19-10-6-4-8-17(19)18-9-5-7-11-20(18)22/h4-11,21-24,30H,1-3,12-16H2,(H,28,31)(H,29,34)(H,32,33)/t21?,23?,24-/m1/s1. The zero-order valence-corrected chi connectivity index (χ0v) is 19.6. The molecule has 1 fully saturated rings. The Morgan fingerprint density at radius 1 is 0.943 bits per heavy atom. The summed E-state index contributed by atoms with van der Waals surface area (Å²) in [6, 6.07) is 14.6. The molecule has 0 radical (unpaired) electrons. The van der Waals surface area contributed by atoms with Gasteiger partial charge in [-0.1, -0.05) is 67.8 Å². The number of aliphatic hydroxyl groups excluding tert-OH is 1. The second kappa shape index (κ2) is 11.4. The number of carbonyl (C=O) groups excluding carboxylic acids is 2. The largest absolute Gasteiger partial charge is 0.480 e. The van der Waals surface area contributed by atoms with Crippen molar-refractivity contribution in [2.24, 2.45) is 5.92 Å². The summed E-state index contributed by atoms with van der Waals surface area (Å²) >= 11 is 0. The molecule has 0 spiro atoms. The van der Waals surface area contributed by atoms with E-state index in [1.165, 1.54) is 0 Å². The number of nitrogens with one attached hydrogen (secondary N) is 2. The van der Waals surface area contributed by atoms with E-state index in [9.17, 15) is 19.5 Å². The number of fused-ring (bicyclic) bond motifs is 3. The maximum atomic E-state index is 12.9. The summed E-state index contributed by atoms with van der Waals surface area (Å²) in [6.07, 6.45) is 3.12. The molecule has 2 unspecified atom stereocenters. The van der Waals surface area contributed by atoms with E-state index in [-0.39, 0.29) is 25.6 Å². The van der Waals surface area contributed by atoms with Crippen LogP contribution in [0.5, 0.6) is 0 Å². The maximum Gasteiger partial charge on any atom is 0.407 e. The van der Waals surface area contributed by atoms with Crippen molar-refractivity contribution in [1.82, 2.24) is 10.6 Å². The second-order valence-electron chi connectivity index (χ2n) is 9.23. The normalized spacial score (nSPS) is 20.1. The van der Waals surface area contributed by atoms with Crippen molar-refractivity contribution in [2.75, 3.05) is 13.2 Å². The third-order valence-corrected chi connectivity index (χ3v) is 7.03. The molecule has 0 bridgehead atoms. The molecule has 4 rings (SSSR count). The summed E-state index contributed by atoms with van der Waals surface area (Å²) in [5.41, 5.74) is 4.54. The molecule has 0 saturated heterocycles. The highest BCUT2D eigenvalue weighted by Crippen LogP contribution is 2.44. The number of carboxylic acids is 1. The van der Waals surface area contributed by atoms with Gasteiger partial charge >= 0.3 is 12.1 Å². The van der Waals surface area contributed by atoms with Crippen molar-refractivity contribution in [3.8, 4) is 11.1 Å². The highest BCUT2D eigenvalue weighted by Gasteiger charge is 2.34. The van der Waals surface area contributed by atoms with E-state index in [1.54, 1.807) is 0 Å². The number of hydrogen-bond donors (Lipinski definition) is 4. The SMILES string of the molecule is O=C(NC1CCCCCC1C(=O)N[C@H](CCO)C(=O)O)OCC1c2ccccc2-c2ccccc21. The molecule has 1 saturated carbocycles. The number of aliphatic carboxylic acids is 1. The van der Waals surface area contributed by atoms with Crippen LogP contribution in [0.4, 0.5) is 4.79 Å². The van der Waals surface area contributed by atoms with E-state index in [0.29, 0.717) is 12.8 Å². The summed E-state index contributed by atoms with van der Waals surface area (Å²) in [5, 5.41) is 23.8. The van der Waals surface area contributed by atoms with Gasteiger partial charge in [-0.3, -0.25) is 4.79 Å². The fourth-order valence-corrected chi connectivity index (χ4v) is 5.25. The predicted octanol–water partition coefficient (Wildman–Crippen LogP) is 3.43. The molecule has 3 atom stereocenters. The highest BCUT2D eigenvalue weighted by atomic mass is 16.5. The Morgan fingerprint density at radius 2 is 1.57 bits per heavy atom. The van der Waals surface area contributed by atoms with Crippen LogP contribution in [0.3, 0.4) is 0 Å². The Morgan fingerprint density at radius 3 is 2.20 bits per heavy atom. The third kappa shape index (κ3) is 5.65. The molecule has 8 nitrogen and oxygen atoms in total. The Balaban J connectivity index is 1.41. The Labute approximate surface area is 204 Å². The van der Waals surface area contributed by atoms with Gasteiger partial charge in [0.15, 0.2) is 0 Å². The summed E-state index contributed by atoms with van der Waals surface area (Å²) in [5.74, 6) is -2.23. The molecule has 35 heavy (non-hydrogen) atoms. The molecule has 0 aliphatic heterocycles. The Bertz CT molecular complexity index is 1030. The van der Waals surface area contributed by atoms with Gasteiger partial charge in [-0.05, 0) is 35.1 Å². The average molecular weight is 481 g/mol. The van der Waals surface area contributed by atoms with E-state index < -0.39 is 36.0 Å². The van der Waals surface area contributed by atoms with Gasteiger partial charge in [0.05, 0.1) is 5.92 Å². The quantitative estimate of drug-likeness (QED) is 0.429. The lowest BCUT2D eigenvalue weighted by atomic mass is 9.93. The average Bonchev–Trinajstić information content (AvgIpc) is 2.98. The van der Waals surface area contributed by atoms with E-state index in [0.717, 1.165) is 41.5 Å². The lowest BCUT2D eigenvalue weighted by Gasteiger charge is -2.27. The second-order valence-corrected chi connectivity index (χ2v) is 9.23. The molecule has 8 heteroatoms. The maximum absolute atomic E-state index is 12.9. The summed E-state index contributed by atoms with van der Waals surface area (Å²) < 4.78 is 5.66. The summed E-state index contributed by atoms with van der Waals surface area (Å²) in [4.78, 5) is 37.1. The van der Waals surface area contributed by atoms with E-state index >= 15 is 0 Å². The molecule has 0 heterocycles. The van der Waals surface area contributed by atoms with Gasteiger partial charge < -0.3 is 25.6 Å². The van der Waals surface area contributed by atoms with Crippen molar-refractivity contribution in [3.63, 3.8) is 0 Å². The first-order valence-electron chi connectivity index (χ1n) is 12.2. The van der Waals surface area contributed by atoms with E-state index in [2.05, 4.69) is 34.9 Å². The molecule has 2 aromatic rings. The highest BCUT2D eigenvalue weighted by molar-refractivity contribution is 5.86. The van der Waals surface area contributed by atoms with Gasteiger partial charge in [-0.15, -0.1) is 0 Å². The van der Waals surface area contributed by atoms with Gasteiger partial charge in [-0.25, -0.2) is 9.59 Å². The van der Waals surface area contributed by atoms with Crippen LogP contribution in [0.25, 0.3) is 11.1 Å². The lowest BCUT2D eigenvalue weighted by molar-refractivity contribution is -0.143. The van der Waals surface area contributed by atoms with Crippen LogP contribution in [0, 0.1) is 5.92 Å². The zero-order valence-electron chi connectivity index (χ0n) is 19.6. The summed E-state index contributed by atoms with van der Waals surface area (Å²) in [7, 11) is 0. The van der Waals surface area contributed by atoms with Gasteiger partial charge in [-0.2, -0.15) is 0 Å². The molecular formula is C27H32N2O6. The minimum atomic E-state index is -1.19. The monoisotopic (exact) mass is 480 g/mol. The molecule has 2 aliphatic rings. The first kappa shape index (κ1) is 24.7. The molecule has 2 aromatic carbocycles. The number of ether oxygens (including phenoxy) is 1. The molecule has 4 N–H and O–H groups in total. The minimum absolute atomic E-state index is 0.0591. The van der Waals surface area contributed by atoms with Crippen molar-refractivity contribution in [3.05, 3.63) is 59.7 Å². The molecule has 186 valence electrons. The number of hydrogen-bond acceptors (Lipinski definition) is 5. The minimum Gasteiger partial charge on any atom is -0.480 e.